The molecule has 0 amide bonds. The Balaban J connectivity index is 1.92. The highest BCUT2D eigenvalue weighted by Crippen LogP contribution is 2.31. The first-order valence-corrected chi connectivity index (χ1v) is 6.89. The van der Waals surface area contributed by atoms with Crippen LogP contribution in [0.4, 0.5) is 5.69 Å². The van der Waals surface area contributed by atoms with Gasteiger partial charge in [-0.1, -0.05) is 6.42 Å². The van der Waals surface area contributed by atoms with Gasteiger partial charge in [0.2, 0.25) is 0 Å². The number of nitrogens with zero attached hydrogens (tertiary/aromatic N) is 1. The van der Waals surface area contributed by atoms with Crippen molar-refractivity contribution in [1.29, 1.82) is 0 Å². The summed E-state index contributed by atoms with van der Waals surface area (Å²) < 4.78 is 10.6. The van der Waals surface area contributed by atoms with Crippen LogP contribution in [0, 0.1) is 10.1 Å². The fraction of sp³-hybridized carbons (Fsp3) is 0.571. The molecule has 1 atom stereocenters. The molecule has 1 heterocycles. The van der Waals surface area contributed by atoms with Crippen LogP contribution in [0.25, 0.3) is 0 Å². The van der Waals surface area contributed by atoms with Crippen LogP contribution in [-0.4, -0.2) is 31.2 Å². The number of nitrogens with one attached hydrogen (secondary N) is 1. The van der Waals surface area contributed by atoms with E-state index in [1.54, 1.807) is 12.1 Å². The molecule has 1 aliphatic heterocycles. The number of hydrogen-bond donors (Lipinski definition) is 1. The molecule has 0 spiro atoms. The molecule has 1 saturated heterocycles. The molecule has 20 heavy (non-hydrogen) atoms. The van der Waals surface area contributed by atoms with Gasteiger partial charge in [-0.3, -0.25) is 10.1 Å². The first-order valence-electron chi connectivity index (χ1n) is 6.89. The van der Waals surface area contributed by atoms with E-state index < -0.39 is 4.92 Å². The second kappa shape index (κ2) is 7.09. The number of hydrogen-bond acceptors (Lipinski definition) is 5. The van der Waals surface area contributed by atoms with Gasteiger partial charge >= 0.3 is 5.69 Å². The zero-order valence-electron chi connectivity index (χ0n) is 11.6. The van der Waals surface area contributed by atoms with Gasteiger partial charge in [0.05, 0.1) is 24.7 Å². The van der Waals surface area contributed by atoms with Crippen molar-refractivity contribution in [1.82, 2.24) is 5.32 Å². The van der Waals surface area contributed by atoms with Crippen molar-refractivity contribution in [2.75, 3.05) is 20.3 Å². The zero-order valence-corrected chi connectivity index (χ0v) is 11.6. The lowest BCUT2D eigenvalue weighted by Gasteiger charge is -2.23. The second-order valence-electron chi connectivity index (χ2n) is 4.87. The summed E-state index contributed by atoms with van der Waals surface area (Å²) in [6, 6.07) is 5.10. The normalized spacial score (nSPS) is 18.6. The van der Waals surface area contributed by atoms with E-state index in [1.807, 2.05) is 0 Å². The molecule has 6 nitrogen and oxygen atoms in total. The molecule has 1 aromatic rings. The third-order valence-electron chi connectivity index (χ3n) is 3.50. The Morgan fingerprint density at radius 3 is 2.95 bits per heavy atom. The molecule has 1 aromatic carbocycles. The second-order valence-corrected chi connectivity index (χ2v) is 4.87. The summed E-state index contributed by atoms with van der Waals surface area (Å²) in [7, 11) is 1.48. The number of ether oxygens (including phenoxy) is 2. The largest absolute Gasteiger partial charge is 0.496 e. The maximum absolute atomic E-state index is 11.0. The Morgan fingerprint density at radius 1 is 1.45 bits per heavy atom. The lowest BCUT2D eigenvalue weighted by molar-refractivity contribution is -0.385. The first kappa shape index (κ1) is 14.6. The molecule has 1 fully saturated rings. The quantitative estimate of drug-likeness (QED) is 0.640. The van der Waals surface area contributed by atoms with Crippen LogP contribution >= 0.6 is 0 Å². The summed E-state index contributed by atoms with van der Waals surface area (Å²) in [5.74, 6) is 0.754. The Bertz CT molecular complexity index is 458. The minimum Gasteiger partial charge on any atom is -0.496 e. The van der Waals surface area contributed by atoms with Gasteiger partial charge in [0.25, 0.3) is 0 Å². The van der Waals surface area contributed by atoms with Gasteiger partial charge in [0.1, 0.15) is 5.75 Å². The first-order chi connectivity index (χ1) is 9.70. The molecule has 0 aromatic heterocycles. The predicted molar refractivity (Wildman–Crippen MR) is 75.4 cm³/mol. The predicted octanol–water partition coefficient (Wildman–Crippen LogP) is 2.51. The Morgan fingerprint density at radius 2 is 2.30 bits per heavy atom. The van der Waals surface area contributed by atoms with E-state index in [0.29, 0.717) is 24.1 Å². The Kier molecular flexibility index (Phi) is 5.17. The number of methoxy groups -OCH3 is 1. The van der Waals surface area contributed by atoms with E-state index in [4.69, 9.17) is 9.47 Å². The summed E-state index contributed by atoms with van der Waals surface area (Å²) in [4.78, 5) is 10.6. The standard InChI is InChI=1S/C14H20N2O4/c1-19-12-5-6-14(13(10-12)16(17)18)20-9-7-11-4-2-3-8-15-11/h5-6,10-11,15H,2-4,7-9H2,1H3. The van der Waals surface area contributed by atoms with Gasteiger partial charge in [0, 0.05) is 6.04 Å². The van der Waals surface area contributed by atoms with Crippen molar-refractivity contribution in [3.05, 3.63) is 28.3 Å². The van der Waals surface area contributed by atoms with Gasteiger partial charge in [-0.05, 0) is 37.9 Å². The lowest BCUT2D eigenvalue weighted by atomic mass is 10.0. The molecular weight excluding hydrogens is 260 g/mol. The molecular formula is C14H20N2O4. The maximum Gasteiger partial charge on any atom is 0.314 e. The fourth-order valence-corrected chi connectivity index (χ4v) is 2.37. The fourth-order valence-electron chi connectivity index (χ4n) is 2.37. The van der Waals surface area contributed by atoms with E-state index >= 15 is 0 Å². The highest BCUT2D eigenvalue weighted by molar-refractivity contribution is 5.50. The molecule has 1 N–H and O–H groups in total. The smallest absolute Gasteiger partial charge is 0.314 e. The van der Waals surface area contributed by atoms with Gasteiger partial charge < -0.3 is 14.8 Å². The van der Waals surface area contributed by atoms with Gasteiger partial charge in [-0.2, -0.15) is 0 Å². The van der Waals surface area contributed by atoms with Crippen LogP contribution in [0.5, 0.6) is 11.5 Å². The van der Waals surface area contributed by atoms with Crippen molar-refractivity contribution in [3.8, 4) is 11.5 Å². The van der Waals surface area contributed by atoms with Crippen LogP contribution in [0.15, 0.2) is 18.2 Å². The average Bonchev–Trinajstić information content (AvgIpc) is 2.48. The van der Waals surface area contributed by atoms with Gasteiger partial charge in [-0.25, -0.2) is 0 Å². The molecule has 1 unspecified atom stereocenters. The van der Waals surface area contributed by atoms with Gasteiger partial charge in [-0.15, -0.1) is 0 Å². The summed E-state index contributed by atoms with van der Waals surface area (Å²) in [6.07, 6.45) is 4.47. The Hall–Kier alpha value is -1.82. The molecule has 110 valence electrons. The van der Waals surface area contributed by atoms with E-state index in [0.717, 1.165) is 19.4 Å². The third-order valence-corrected chi connectivity index (χ3v) is 3.50. The maximum atomic E-state index is 11.0. The average molecular weight is 280 g/mol. The highest BCUT2D eigenvalue weighted by Gasteiger charge is 2.17. The minimum atomic E-state index is -0.448. The number of nitro groups is 1. The molecule has 1 aliphatic rings. The zero-order chi connectivity index (χ0) is 14.4. The number of benzene rings is 1. The van der Waals surface area contributed by atoms with E-state index in [-0.39, 0.29) is 5.69 Å². The molecule has 0 aliphatic carbocycles. The van der Waals surface area contributed by atoms with Crippen molar-refractivity contribution < 1.29 is 14.4 Å². The van der Waals surface area contributed by atoms with Crippen molar-refractivity contribution >= 4 is 5.69 Å². The number of nitro benzene ring substituents is 1. The lowest BCUT2D eigenvalue weighted by Crippen LogP contribution is -2.35. The van der Waals surface area contributed by atoms with Gasteiger partial charge in [0.15, 0.2) is 5.75 Å². The SMILES string of the molecule is COc1ccc(OCCC2CCCCN2)c([N+](=O)[O-])c1. The van der Waals surface area contributed by atoms with Crippen molar-refractivity contribution in [3.63, 3.8) is 0 Å². The molecule has 0 bridgehead atoms. The molecule has 0 saturated carbocycles. The van der Waals surface area contributed by atoms with E-state index in [1.165, 1.54) is 26.0 Å². The molecule has 6 heteroatoms. The molecule has 2 rings (SSSR count). The van der Waals surface area contributed by atoms with Crippen LogP contribution < -0.4 is 14.8 Å². The van der Waals surface area contributed by atoms with Crippen LogP contribution in [0.3, 0.4) is 0 Å². The number of piperidine rings is 1. The van der Waals surface area contributed by atoms with Crippen LogP contribution in [0.1, 0.15) is 25.7 Å². The summed E-state index contributed by atoms with van der Waals surface area (Å²) in [6.45, 7) is 1.53. The van der Waals surface area contributed by atoms with E-state index in [2.05, 4.69) is 5.32 Å². The highest BCUT2D eigenvalue weighted by atomic mass is 16.6. The number of rotatable bonds is 6. The van der Waals surface area contributed by atoms with Crippen LogP contribution in [0.2, 0.25) is 0 Å². The van der Waals surface area contributed by atoms with E-state index in [9.17, 15) is 10.1 Å². The Labute approximate surface area is 118 Å². The van der Waals surface area contributed by atoms with Crippen molar-refractivity contribution in [2.24, 2.45) is 0 Å². The third kappa shape index (κ3) is 3.84. The van der Waals surface area contributed by atoms with Crippen LogP contribution in [-0.2, 0) is 0 Å². The summed E-state index contributed by atoms with van der Waals surface area (Å²) in [5, 5.41) is 14.4. The summed E-state index contributed by atoms with van der Waals surface area (Å²) in [5.41, 5.74) is -0.0547. The summed E-state index contributed by atoms with van der Waals surface area (Å²) >= 11 is 0. The monoisotopic (exact) mass is 280 g/mol. The molecule has 0 radical (unpaired) electrons. The topological polar surface area (TPSA) is 73.6 Å². The minimum absolute atomic E-state index is 0.0547. The van der Waals surface area contributed by atoms with Crippen molar-refractivity contribution in [2.45, 2.75) is 31.7 Å².